The second kappa shape index (κ2) is 9.25. The average Bonchev–Trinajstić information content (AvgIpc) is 3.44. The van der Waals surface area contributed by atoms with Crippen LogP contribution in [0, 0.1) is 12.0 Å². The maximum Gasteiger partial charge on any atom is 0.284 e. The van der Waals surface area contributed by atoms with Gasteiger partial charge in [-0.05, 0) is 40.8 Å². The average molecular weight is 539 g/mol. The minimum Gasteiger partial charge on any atom is -0.301 e. The van der Waals surface area contributed by atoms with Crippen molar-refractivity contribution in [2.75, 3.05) is 5.32 Å². The fraction of sp³-hybridized carbons (Fsp3) is 0.176. The van der Waals surface area contributed by atoms with Crippen molar-refractivity contribution in [3.8, 4) is 11.1 Å². The first kappa shape index (κ1) is 24.4. The molecule has 0 fully saturated rings. The second-order valence-electron chi connectivity index (χ2n) is 10.9. The monoisotopic (exact) mass is 538 g/mol. The van der Waals surface area contributed by atoms with Gasteiger partial charge in [-0.2, -0.15) is 0 Å². The van der Waals surface area contributed by atoms with Crippen molar-refractivity contribution in [2.45, 2.75) is 31.2 Å². The van der Waals surface area contributed by atoms with E-state index in [0.717, 1.165) is 44.6 Å². The molecule has 1 N–H and O–H groups in total. The Labute approximate surface area is 237 Å². The number of rotatable bonds is 5. The van der Waals surface area contributed by atoms with Crippen LogP contribution in [0.5, 0.6) is 0 Å². The number of hydrogen-bond acceptors (Lipinski definition) is 4. The molecule has 3 aromatic carbocycles. The molecule has 1 atom stereocenters. The molecular formula is C34H26N4OS. The first-order valence-electron chi connectivity index (χ1n) is 13.3. The highest BCUT2D eigenvalue weighted by molar-refractivity contribution is 7.13. The summed E-state index contributed by atoms with van der Waals surface area (Å²) in [5, 5.41) is 5.73. The Balaban J connectivity index is 1.14. The quantitative estimate of drug-likeness (QED) is 0.236. The van der Waals surface area contributed by atoms with Crippen molar-refractivity contribution in [1.82, 2.24) is 9.97 Å². The van der Waals surface area contributed by atoms with Crippen molar-refractivity contribution in [2.24, 2.45) is 5.41 Å². The molecule has 0 aliphatic heterocycles. The molecule has 2 heterocycles. The van der Waals surface area contributed by atoms with E-state index in [9.17, 15) is 4.79 Å². The first-order valence-corrected chi connectivity index (χ1v) is 14.2. The van der Waals surface area contributed by atoms with E-state index in [1.165, 1.54) is 11.3 Å². The number of benzene rings is 3. The lowest BCUT2D eigenvalue weighted by Gasteiger charge is -2.51. The van der Waals surface area contributed by atoms with E-state index in [4.69, 9.17) is 11.6 Å². The predicted molar refractivity (Wildman–Crippen MR) is 158 cm³/mol. The van der Waals surface area contributed by atoms with Gasteiger partial charge in [0.1, 0.15) is 0 Å². The third-order valence-electron chi connectivity index (χ3n) is 8.51. The fourth-order valence-electron chi connectivity index (χ4n) is 6.69. The topological polar surface area (TPSA) is 59.2 Å². The summed E-state index contributed by atoms with van der Waals surface area (Å²) < 4.78 is 0. The van der Waals surface area contributed by atoms with Gasteiger partial charge < -0.3 is 5.32 Å². The highest BCUT2D eigenvalue weighted by atomic mass is 32.1. The number of carbonyl (C=O) groups is 1. The normalized spacial score (nSPS) is 22.1. The summed E-state index contributed by atoms with van der Waals surface area (Å²) in [4.78, 5) is 27.2. The van der Waals surface area contributed by atoms with Gasteiger partial charge in [-0.15, -0.1) is 11.3 Å². The lowest BCUT2D eigenvalue weighted by Crippen LogP contribution is -2.53. The summed E-state index contributed by atoms with van der Waals surface area (Å²) in [6.45, 7) is 10.3. The van der Waals surface area contributed by atoms with Gasteiger partial charge >= 0.3 is 0 Å². The van der Waals surface area contributed by atoms with Crippen molar-refractivity contribution in [3.63, 3.8) is 0 Å². The van der Waals surface area contributed by atoms with Crippen molar-refractivity contribution in [1.29, 1.82) is 0 Å². The zero-order valence-electron chi connectivity index (χ0n) is 22.0. The summed E-state index contributed by atoms with van der Waals surface area (Å²) in [7, 11) is 0. The molecule has 0 saturated carbocycles. The minimum atomic E-state index is -0.871. The van der Waals surface area contributed by atoms with Gasteiger partial charge in [0.05, 0.1) is 11.1 Å². The summed E-state index contributed by atoms with van der Waals surface area (Å²) in [6.07, 6.45) is 4.76. The lowest BCUT2D eigenvalue weighted by atomic mass is 9.49. The Morgan fingerprint density at radius 3 is 2.33 bits per heavy atom. The van der Waals surface area contributed by atoms with Gasteiger partial charge in [0.25, 0.3) is 5.54 Å². The maximum absolute atomic E-state index is 14.0. The number of fused-ring (bicyclic) bond motifs is 1. The Bertz CT molecular complexity index is 1740. The predicted octanol–water partition coefficient (Wildman–Crippen LogP) is 7.45. The fourth-order valence-corrected chi connectivity index (χ4v) is 7.39. The molecule has 5 nitrogen and oxygen atoms in total. The number of aromatic nitrogens is 2. The van der Waals surface area contributed by atoms with E-state index in [2.05, 4.69) is 63.7 Å². The molecule has 2 aromatic heterocycles. The van der Waals surface area contributed by atoms with Crippen LogP contribution in [-0.4, -0.2) is 15.9 Å². The van der Waals surface area contributed by atoms with Crippen LogP contribution >= 0.6 is 11.3 Å². The smallest absolute Gasteiger partial charge is 0.284 e. The molecule has 5 aromatic rings. The highest BCUT2D eigenvalue weighted by Gasteiger charge is 2.64. The van der Waals surface area contributed by atoms with Gasteiger partial charge in [-0.25, -0.2) is 11.6 Å². The molecule has 1 amide bonds. The van der Waals surface area contributed by atoms with Crippen LogP contribution in [-0.2, 0) is 16.8 Å². The Kier molecular flexibility index (Phi) is 5.65. The zero-order chi connectivity index (χ0) is 27.3. The van der Waals surface area contributed by atoms with Crippen molar-refractivity contribution >= 4 is 22.4 Å². The molecule has 40 heavy (non-hydrogen) atoms. The summed E-state index contributed by atoms with van der Waals surface area (Å²) >= 11 is 1.44. The molecule has 194 valence electrons. The molecule has 0 spiro atoms. The van der Waals surface area contributed by atoms with E-state index >= 15 is 0 Å². The molecule has 2 bridgehead atoms. The molecule has 1 unspecified atom stereocenters. The van der Waals surface area contributed by atoms with Gasteiger partial charge in [0.15, 0.2) is 5.13 Å². The first-order chi connectivity index (χ1) is 19.5. The van der Waals surface area contributed by atoms with E-state index < -0.39 is 11.0 Å². The van der Waals surface area contributed by atoms with Crippen LogP contribution in [0.3, 0.4) is 0 Å². The SMILES string of the molecule is [C-]#[N+]C12CC(C)(C(=O)Nc3nc(Cc4ccc(-c5cccnc5)cc4)cs3)C(c3ccccc31)c1ccccc12. The third-order valence-corrected chi connectivity index (χ3v) is 9.32. The number of thiazole rings is 1. The molecular weight excluding hydrogens is 512 g/mol. The number of amides is 1. The Hall–Kier alpha value is -4.60. The molecule has 3 aliphatic carbocycles. The van der Waals surface area contributed by atoms with Crippen LogP contribution in [0.2, 0.25) is 0 Å². The number of pyridine rings is 1. The van der Waals surface area contributed by atoms with E-state index in [1.807, 2.05) is 54.9 Å². The molecule has 8 rings (SSSR count). The molecule has 3 aliphatic rings. The van der Waals surface area contributed by atoms with Crippen LogP contribution < -0.4 is 5.32 Å². The standard InChI is InChI=1S/C34H26N4OS/c1-33(21-34(35-2)28-11-5-3-9-26(28)30(33)27-10-4-6-12-29(27)34)31(39)38-32-37-25(20-40-32)18-22-13-15-23(16-14-22)24-8-7-17-36-19-24/h3-17,19-20,30H,18,21H2,1H3,(H,37,38,39). The molecule has 0 saturated heterocycles. The molecule has 6 heteroatoms. The third kappa shape index (κ3) is 3.70. The second-order valence-corrected chi connectivity index (χ2v) is 11.7. The summed E-state index contributed by atoms with van der Waals surface area (Å²) in [5.41, 5.74) is 6.84. The molecule has 0 radical (unpaired) electrons. The maximum atomic E-state index is 14.0. The van der Waals surface area contributed by atoms with Crippen LogP contribution in [0.25, 0.3) is 16.0 Å². The van der Waals surface area contributed by atoms with Crippen LogP contribution in [0.15, 0.2) is 103 Å². The summed E-state index contributed by atoms with van der Waals surface area (Å²) in [5.74, 6) is -0.211. The number of nitrogens with one attached hydrogen (secondary N) is 1. The summed E-state index contributed by atoms with van der Waals surface area (Å²) in [6, 6.07) is 28.7. The van der Waals surface area contributed by atoms with Crippen LogP contribution in [0.1, 0.15) is 52.8 Å². The van der Waals surface area contributed by atoms with Gasteiger partial charge in [0.2, 0.25) is 5.91 Å². The highest BCUT2D eigenvalue weighted by Crippen LogP contribution is 2.64. The number of carbonyl (C=O) groups excluding carboxylic acids is 1. The van der Waals surface area contributed by atoms with Crippen molar-refractivity contribution < 1.29 is 4.79 Å². The number of anilines is 1. The zero-order valence-corrected chi connectivity index (χ0v) is 22.8. The van der Waals surface area contributed by atoms with Crippen molar-refractivity contribution in [3.05, 3.63) is 148 Å². The Morgan fingerprint density at radius 1 is 0.975 bits per heavy atom. The van der Waals surface area contributed by atoms with E-state index in [0.29, 0.717) is 18.0 Å². The largest absolute Gasteiger partial charge is 0.301 e. The van der Waals surface area contributed by atoms with E-state index in [1.54, 1.807) is 6.20 Å². The van der Waals surface area contributed by atoms with Gasteiger partial charge in [-0.1, -0.05) is 78.9 Å². The minimum absolute atomic E-state index is 0.0868. The van der Waals surface area contributed by atoms with E-state index in [-0.39, 0.29) is 11.8 Å². The Morgan fingerprint density at radius 2 is 1.68 bits per heavy atom. The number of nitrogens with zero attached hydrogens (tertiary/aromatic N) is 3. The lowest BCUT2D eigenvalue weighted by molar-refractivity contribution is -0.127. The van der Waals surface area contributed by atoms with Gasteiger partial charge in [0, 0.05) is 47.7 Å². The number of hydrogen-bond donors (Lipinski definition) is 1. The van der Waals surface area contributed by atoms with Gasteiger partial charge in [-0.3, -0.25) is 14.6 Å². The van der Waals surface area contributed by atoms with Crippen LogP contribution in [0.4, 0.5) is 5.13 Å².